The standard InChI is InChI=1S/C12H12.C8H10/c1-9-3-5-11-6-4-10(2)8-12(11)7-9;1-7-4-3-5-8(2)6-7/h3-8H,1-2H3;3-6H,1-2H3. The van der Waals surface area contributed by atoms with Crippen molar-refractivity contribution in [2.45, 2.75) is 27.7 Å². The number of aryl methyl sites for hydroxylation is 4. The molecule has 0 aliphatic rings. The van der Waals surface area contributed by atoms with Gasteiger partial charge in [0.15, 0.2) is 0 Å². The maximum absolute atomic E-state index is 2.22. The van der Waals surface area contributed by atoms with Crippen molar-refractivity contribution in [2.75, 3.05) is 0 Å². The van der Waals surface area contributed by atoms with Crippen LogP contribution in [0.1, 0.15) is 22.3 Å². The lowest BCUT2D eigenvalue weighted by Crippen LogP contribution is -1.76. The van der Waals surface area contributed by atoms with Gasteiger partial charge in [0.1, 0.15) is 0 Å². The molecular formula is C20H22. The van der Waals surface area contributed by atoms with Crippen molar-refractivity contribution in [3.05, 3.63) is 82.9 Å². The maximum atomic E-state index is 2.22. The molecule has 3 aromatic rings. The summed E-state index contributed by atoms with van der Waals surface area (Å²) in [5, 5.41) is 2.67. The summed E-state index contributed by atoms with van der Waals surface area (Å²) in [6.07, 6.45) is 0. The molecule has 0 aliphatic heterocycles. The fraction of sp³-hybridized carbons (Fsp3) is 0.200. The van der Waals surface area contributed by atoms with Crippen molar-refractivity contribution in [2.24, 2.45) is 0 Å². The van der Waals surface area contributed by atoms with Gasteiger partial charge < -0.3 is 0 Å². The fourth-order valence-electron chi connectivity index (χ4n) is 2.29. The highest BCUT2D eigenvalue weighted by Gasteiger charge is 1.92. The molecule has 0 saturated heterocycles. The van der Waals surface area contributed by atoms with Crippen molar-refractivity contribution in [1.82, 2.24) is 0 Å². The Morgan fingerprint density at radius 2 is 0.900 bits per heavy atom. The SMILES string of the molecule is Cc1ccc2ccc(C)cc2c1.Cc1cccc(C)c1. The van der Waals surface area contributed by atoms with Gasteiger partial charge in [0.2, 0.25) is 0 Å². The third kappa shape index (κ3) is 3.96. The fourth-order valence-corrected chi connectivity index (χ4v) is 2.29. The van der Waals surface area contributed by atoms with Gasteiger partial charge in [-0.05, 0) is 38.5 Å². The predicted molar refractivity (Wildman–Crippen MR) is 89.3 cm³/mol. The van der Waals surface area contributed by atoms with Crippen molar-refractivity contribution in [1.29, 1.82) is 0 Å². The molecule has 0 unspecified atom stereocenters. The van der Waals surface area contributed by atoms with Crippen LogP contribution < -0.4 is 0 Å². The van der Waals surface area contributed by atoms with E-state index in [2.05, 4.69) is 88.4 Å². The lowest BCUT2D eigenvalue weighted by atomic mass is 10.1. The zero-order valence-corrected chi connectivity index (χ0v) is 12.8. The van der Waals surface area contributed by atoms with Gasteiger partial charge in [-0.25, -0.2) is 0 Å². The Kier molecular flexibility index (Phi) is 4.57. The van der Waals surface area contributed by atoms with Crippen molar-refractivity contribution < 1.29 is 0 Å². The molecule has 0 heterocycles. The first kappa shape index (κ1) is 14.3. The quantitative estimate of drug-likeness (QED) is 0.483. The average molecular weight is 262 g/mol. The summed E-state index contributed by atoms with van der Waals surface area (Å²) >= 11 is 0. The van der Waals surface area contributed by atoms with E-state index in [4.69, 9.17) is 0 Å². The highest BCUT2D eigenvalue weighted by atomic mass is 14.0. The molecule has 0 nitrogen and oxygen atoms in total. The van der Waals surface area contributed by atoms with Crippen LogP contribution in [0.3, 0.4) is 0 Å². The minimum atomic E-state index is 1.33. The Bertz CT molecular complexity index is 654. The van der Waals surface area contributed by atoms with E-state index >= 15 is 0 Å². The van der Waals surface area contributed by atoms with Crippen LogP contribution in [0.5, 0.6) is 0 Å². The summed E-state index contributed by atoms with van der Waals surface area (Å²) in [5.41, 5.74) is 5.33. The second kappa shape index (κ2) is 6.38. The molecule has 0 heteroatoms. The Morgan fingerprint density at radius 1 is 0.450 bits per heavy atom. The normalized spacial score (nSPS) is 10.0. The van der Waals surface area contributed by atoms with E-state index in [0.29, 0.717) is 0 Å². The average Bonchev–Trinajstić information content (AvgIpc) is 2.38. The summed E-state index contributed by atoms with van der Waals surface area (Å²) in [4.78, 5) is 0. The van der Waals surface area contributed by atoms with E-state index in [9.17, 15) is 0 Å². The first-order valence-electron chi connectivity index (χ1n) is 7.05. The Morgan fingerprint density at radius 3 is 1.30 bits per heavy atom. The van der Waals surface area contributed by atoms with Crippen LogP contribution >= 0.6 is 0 Å². The van der Waals surface area contributed by atoms with E-state index in [-0.39, 0.29) is 0 Å². The molecule has 0 N–H and O–H groups in total. The van der Waals surface area contributed by atoms with Gasteiger partial charge in [0.05, 0.1) is 0 Å². The summed E-state index contributed by atoms with van der Waals surface area (Å²) in [5.74, 6) is 0. The second-order valence-corrected chi connectivity index (χ2v) is 5.51. The molecule has 3 rings (SSSR count). The number of hydrogen-bond acceptors (Lipinski definition) is 0. The lowest BCUT2D eigenvalue weighted by molar-refractivity contribution is 1.39. The summed E-state index contributed by atoms with van der Waals surface area (Å²) in [6, 6.07) is 21.5. The Labute approximate surface area is 122 Å². The van der Waals surface area contributed by atoms with Crippen LogP contribution in [0, 0.1) is 27.7 Å². The van der Waals surface area contributed by atoms with Crippen LogP contribution in [0.4, 0.5) is 0 Å². The van der Waals surface area contributed by atoms with Crippen LogP contribution in [-0.4, -0.2) is 0 Å². The predicted octanol–water partition coefficient (Wildman–Crippen LogP) is 5.76. The number of benzene rings is 3. The highest BCUT2D eigenvalue weighted by Crippen LogP contribution is 2.16. The number of rotatable bonds is 0. The third-order valence-corrected chi connectivity index (χ3v) is 3.32. The third-order valence-electron chi connectivity index (χ3n) is 3.32. The molecule has 0 spiro atoms. The lowest BCUT2D eigenvalue weighted by Gasteiger charge is -1.99. The molecule has 0 fully saturated rings. The van der Waals surface area contributed by atoms with Crippen LogP contribution in [0.2, 0.25) is 0 Å². The van der Waals surface area contributed by atoms with Crippen LogP contribution in [-0.2, 0) is 0 Å². The molecule has 0 saturated carbocycles. The van der Waals surface area contributed by atoms with Crippen molar-refractivity contribution >= 4 is 10.8 Å². The Hall–Kier alpha value is -2.08. The molecule has 0 amide bonds. The first-order chi connectivity index (χ1) is 9.54. The molecule has 20 heavy (non-hydrogen) atoms. The van der Waals surface area contributed by atoms with Gasteiger partial charge in [0.25, 0.3) is 0 Å². The smallest absolute Gasteiger partial charge is 0.0179 e. The van der Waals surface area contributed by atoms with E-state index < -0.39 is 0 Å². The summed E-state index contributed by atoms with van der Waals surface area (Å²) < 4.78 is 0. The van der Waals surface area contributed by atoms with Gasteiger partial charge in [-0.15, -0.1) is 0 Å². The molecule has 0 bridgehead atoms. The molecule has 102 valence electrons. The van der Waals surface area contributed by atoms with E-state index in [1.54, 1.807) is 0 Å². The summed E-state index contributed by atoms with van der Waals surface area (Å²) in [7, 11) is 0. The molecule has 3 aromatic carbocycles. The highest BCUT2D eigenvalue weighted by molar-refractivity contribution is 5.83. The second-order valence-electron chi connectivity index (χ2n) is 5.51. The molecule has 0 radical (unpaired) electrons. The maximum Gasteiger partial charge on any atom is -0.0179 e. The van der Waals surface area contributed by atoms with Crippen molar-refractivity contribution in [3.8, 4) is 0 Å². The number of hydrogen-bond donors (Lipinski definition) is 0. The zero-order valence-electron chi connectivity index (χ0n) is 12.8. The van der Waals surface area contributed by atoms with Crippen LogP contribution in [0.25, 0.3) is 10.8 Å². The van der Waals surface area contributed by atoms with E-state index in [0.717, 1.165) is 0 Å². The van der Waals surface area contributed by atoms with Gasteiger partial charge >= 0.3 is 0 Å². The van der Waals surface area contributed by atoms with Crippen LogP contribution in [0.15, 0.2) is 60.7 Å². The van der Waals surface area contributed by atoms with Gasteiger partial charge in [-0.1, -0.05) is 82.9 Å². The molecule has 0 atom stereocenters. The minimum Gasteiger partial charge on any atom is -0.0617 e. The monoisotopic (exact) mass is 262 g/mol. The molecule has 0 aliphatic carbocycles. The zero-order chi connectivity index (χ0) is 14.5. The summed E-state index contributed by atoms with van der Waals surface area (Å²) in [6.45, 7) is 8.46. The Balaban J connectivity index is 0.000000160. The first-order valence-corrected chi connectivity index (χ1v) is 7.05. The minimum absolute atomic E-state index is 1.33. The topological polar surface area (TPSA) is 0 Å². The van der Waals surface area contributed by atoms with Gasteiger partial charge in [-0.2, -0.15) is 0 Å². The largest absolute Gasteiger partial charge is 0.0617 e. The molecular weight excluding hydrogens is 240 g/mol. The number of fused-ring (bicyclic) bond motifs is 1. The van der Waals surface area contributed by atoms with E-state index in [1.807, 2.05) is 0 Å². The molecule has 0 aromatic heterocycles. The van der Waals surface area contributed by atoms with Gasteiger partial charge in [-0.3, -0.25) is 0 Å². The van der Waals surface area contributed by atoms with Crippen molar-refractivity contribution in [3.63, 3.8) is 0 Å². The van der Waals surface area contributed by atoms with Gasteiger partial charge in [0, 0.05) is 0 Å². The van der Waals surface area contributed by atoms with E-state index in [1.165, 1.54) is 33.0 Å².